The van der Waals surface area contributed by atoms with E-state index < -0.39 is 0 Å². The monoisotopic (exact) mass is 395 g/mol. The fourth-order valence-corrected chi connectivity index (χ4v) is 3.32. The van der Waals surface area contributed by atoms with E-state index in [4.69, 9.17) is 0 Å². The van der Waals surface area contributed by atoms with Gasteiger partial charge in [-0.1, -0.05) is 12.1 Å². The maximum absolute atomic E-state index is 12.6. The lowest BCUT2D eigenvalue weighted by molar-refractivity contribution is -0.119. The summed E-state index contributed by atoms with van der Waals surface area (Å²) in [7, 11) is 0. The van der Waals surface area contributed by atoms with Gasteiger partial charge >= 0.3 is 0 Å². The SMILES string of the molecule is Cc1ccc(C)c(NC(=O)CN(CCC(=O)Nc2ccc(O)cc2C)C2CC2)c1. The molecule has 3 N–H and O–H groups in total. The number of hydrogen-bond acceptors (Lipinski definition) is 4. The Labute approximate surface area is 171 Å². The molecule has 1 aliphatic rings. The molecule has 0 atom stereocenters. The van der Waals surface area contributed by atoms with Crippen LogP contribution in [0.2, 0.25) is 0 Å². The Morgan fingerprint density at radius 1 is 0.966 bits per heavy atom. The fraction of sp³-hybridized carbons (Fsp3) is 0.391. The van der Waals surface area contributed by atoms with Crippen LogP contribution in [0.5, 0.6) is 5.75 Å². The summed E-state index contributed by atoms with van der Waals surface area (Å²) in [6.07, 6.45) is 2.44. The zero-order chi connectivity index (χ0) is 21.0. The van der Waals surface area contributed by atoms with Gasteiger partial charge in [-0.3, -0.25) is 14.5 Å². The molecule has 6 heteroatoms. The molecule has 6 nitrogen and oxygen atoms in total. The fourth-order valence-electron chi connectivity index (χ4n) is 3.32. The standard InChI is InChI=1S/C23H29N3O3/c1-15-4-5-16(2)21(12-15)25-23(29)14-26(18-6-7-18)11-10-22(28)24-20-9-8-19(27)13-17(20)3/h4-5,8-9,12-13,18,27H,6-7,10-11,14H2,1-3H3,(H,24,28)(H,25,29). The largest absolute Gasteiger partial charge is 0.508 e. The number of nitrogens with one attached hydrogen (secondary N) is 2. The van der Waals surface area contributed by atoms with Crippen molar-refractivity contribution in [3.8, 4) is 5.75 Å². The predicted molar refractivity (Wildman–Crippen MR) is 115 cm³/mol. The summed E-state index contributed by atoms with van der Waals surface area (Å²) >= 11 is 0. The molecule has 1 saturated carbocycles. The van der Waals surface area contributed by atoms with Crippen molar-refractivity contribution in [2.24, 2.45) is 0 Å². The lowest BCUT2D eigenvalue weighted by Crippen LogP contribution is -2.37. The Bertz CT molecular complexity index is 906. The minimum absolute atomic E-state index is 0.0552. The van der Waals surface area contributed by atoms with Gasteiger partial charge in [0.1, 0.15) is 5.75 Å². The Morgan fingerprint density at radius 3 is 2.38 bits per heavy atom. The smallest absolute Gasteiger partial charge is 0.238 e. The highest BCUT2D eigenvalue weighted by Crippen LogP contribution is 2.27. The molecular weight excluding hydrogens is 366 g/mol. The van der Waals surface area contributed by atoms with Crippen molar-refractivity contribution in [2.75, 3.05) is 23.7 Å². The molecule has 0 bridgehead atoms. The number of rotatable bonds is 8. The molecule has 2 amide bonds. The molecular formula is C23H29N3O3. The summed E-state index contributed by atoms with van der Waals surface area (Å²) in [5, 5.41) is 15.4. The average molecular weight is 396 g/mol. The third-order valence-corrected chi connectivity index (χ3v) is 5.19. The van der Waals surface area contributed by atoms with Crippen LogP contribution < -0.4 is 10.6 Å². The van der Waals surface area contributed by atoms with E-state index in [1.165, 1.54) is 0 Å². The number of nitrogens with zero attached hydrogens (tertiary/aromatic N) is 1. The normalized spacial score (nSPS) is 13.4. The van der Waals surface area contributed by atoms with Crippen LogP contribution in [0.4, 0.5) is 11.4 Å². The summed E-state index contributed by atoms with van der Waals surface area (Å²) in [6, 6.07) is 11.2. The Morgan fingerprint density at radius 2 is 1.69 bits per heavy atom. The van der Waals surface area contributed by atoms with Crippen LogP contribution in [0.3, 0.4) is 0 Å². The number of aryl methyl sites for hydroxylation is 3. The molecule has 2 aromatic rings. The number of phenolic OH excluding ortho intramolecular Hbond substituents is 1. The van der Waals surface area contributed by atoms with E-state index in [0.29, 0.717) is 24.7 Å². The van der Waals surface area contributed by atoms with Gasteiger partial charge in [-0.05, 0) is 74.6 Å². The van der Waals surface area contributed by atoms with Gasteiger partial charge in [0.05, 0.1) is 6.54 Å². The van der Waals surface area contributed by atoms with Gasteiger partial charge in [0.25, 0.3) is 0 Å². The maximum atomic E-state index is 12.6. The lowest BCUT2D eigenvalue weighted by atomic mass is 10.1. The van der Waals surface area contributed by atoms with E-state index in [-0.39, 0.29) is 24.1 Å². The van der Waals surface area contributed by atoms with Crippen molar-refractivity contribution >= 4 is 23.2 Å². The first-order valence-corrected chi connectivity index (χ1v) is 10.0. The predicted octanol–water partition coefficient (Wildman–Crippen LogP) is 3.75. The first-order chi connectivity index (χ1) is 13.8. The number of aromatic hydroxyl groups is 1. The van der Waals surface area contributed by atoms with Gasteiger partial charge in [0.2, 0.25) is 11.8 Å². The molecule has 0 radical (unpaired) electrons. The number of carbonyl (C=O) groups is 2. The molecule has 0 aliphatic heterocycles. The molecule has 1 fully saturated rings. The summed E-state index contributed by atoms with van der Waals surface area (Å²) in [6.45, 7) is 6.63. The highest BCUT2D eigenvalue weighted by molar-refractivity contribution is 5.93. The van der Waals surface area contributed by atoms with Crippen LogP contribution in [-0.2, 0) is 9.59 Å². The molecule has 1 aliphatic carbocycles. The van der Waals surface area contributed by atoms with E-state index in [0.717, 1.165) is 35.2 Å². The minimum Gasteiger partial charge on any atom is -0.508 e. The summed E-state index contributed by atoms with van der Waals surface area (Å²) in [4.78, 5) is 27.0. The highest BCUT2D eigenvalue weighted by Gasteiger charge is 2.30. The van der Waals surface area contributed by atoms with Crippen molar-refractivity contribution in [3.05, 3.63) is 53.1 Å². The second-order valence-electron chi connectivity index (χ2n) is 7.87. The van der Waals surface area contributed by atoms with Gasteiger partial charge in [0.15, 0.2) is 0 Å². The minimum atomic E-state index is -0.0978. The number of amides is 2. The van der Waals surface area contributed by atoms with Gasteiger partial charge in [0, 0.05) is 30.4 Å². The van der Waals surface area contributed by atoms with Crippen molar-refractivity contribution in [2.45, 2.75) is 46.1 Å². The molecule has 0 saturated heterocycles. The van der Waals surface area contributed by atoms with E-state index in [1.54, 1.807) is 18.2 Å². The van der Waals surface area contributed by atoms with E-state index in [9.17, 15) is 14.7 Å². The molecule has 0 spiro atoms. The van der Waals surface area contributed by atoms with Gasteiger partial charge in [-0.15, -0.1) is 0 Å². The van der Waals surface area contributed by atoms with E-state index in [1.807, 2.05) is 39.0 Å². The Kier molecular flexibility index (Phi) is 6.54. The van der Waals surface area contributed by atoms with Gasteiger partial charge in [-0.2, -0.15) is 0 Å². The Hall–Kier alpha value is -2.86. The van der Waals surface area contributed by atoms with Gasteiger partial charge in [-0.25, -0.2) is 0 Å². The Balaban J connectivity index is 1.53. The molecule has 3 rings (SSSR count). The first-order valence-electron chi connectivity index (χ1n) is 10.0. The lowest BCUT2D eigenvalue weighted by Gasteiger charge is -2.21. The zero-order valence-electron chi connectivity index (χ0n) is 17.3. The third kappa shape index (κ3) is 6.06. The summed E-state index contributed by atoms with van der Waals surface area (Å²) in [5.74, 6) is 0.0232. The van der Waals surface area contributed by atoms with Crippen molar-refractivity contribution < 1.29 is 14.7 Å². The second kappa shape index (κ2) is 9.09. The molecule has 0 heterocycles. The van der Waals surface area contributed by atoms with Crippen molar-refractivity contribution in [1.82, 2.24) is 4.90 Å². The zero-order valence-corrected chi connectivity index (χ0v) is 17.3. The number of carbonyl (C=O) groups excluding carboxylic acids is 2. The van der Waals surface area contributed by atoms with Crippen LogP contribution in [0.1, 0.15) is 36.0 Å². The van der Waals surface area contributed by atoms with Crippen LogP contribution in [0.15, 0.2) is 36.4 Å². The van der Waals surface area contributed by atoms with E-state index >= 15 is 0 Å². The van der Waals surface area contributed by atoms with Gasteiger partial charge < -0.3 is 15.7 Å². The third-order valence-electron chi connectivity index (χ3n) is 5.19. The molecule has 29 heavy (non-hydrogen) atoms. The highest BCUT2D eigenvalue weighted by atomic mass is 16.3. The summed E-state index contributed by atoms with van der Waals surface area (Å²) in [5.41, 5.74) is 4.48. The second-order valence-corrected chi connectivity index (χ2v) is 7.87. The van der Waals surface area contributed by atoms with Crippen molar-refractivity contribution in [1.29, 1.82) is 0 Å². The van der Waals surface area contributed by atoms with Crippen LogP contribution in [-0.4, -0.2) is 41.0 Å². The number of hydrogen-bond donors (Lipinski definition) is 3. The van der Waals surface area contributed by atoms with Crippen LogP contribution in [0.25, 0.3) is 0 Å². The van der Waals surface area contributed by atoms with Crippen LogP contribution >= 0.6 is 0 Å². The average Bonchev–Trinajstić information content (AvgIpc) is 3.49. The molecule has 0 aromatic heterocycles. The quantitative estimate of drug-likeness (QED) is 0.595. The molecule has 2 aromatic carbocycles. The topological polar surface area (TPSA) is 81.7 Å². The number of anilines is 2. The molecule has 154 valence electrons. The summed E-state index contributed by atoms with van der Waals surface area (Å²) < 4.78 is 0. The molecule has 0 unspecified atom stereocenters. The number of benzene rings is 2. The van der Waals surface area contributed by atoms with Crippen LogP contribution in [0, 0.1) is 20.8 Å². The maximum Gasteiger partial charge on any atom is 0.238 e. The van der Waals surface area contributed by atoms with Crippen molar-refractivity contribution in [3.63, 3.8) is 0 Å². The first kappa shape index (κ1) is 20.9. The van der Waals surface area contributed by atoms with E-state index in [2.05, 4.69) is 15.5 Å². The number of phenols is 1.